The van der Waals surface area contributed by atoms with E-state index in [1.807, 2.05) is 12.1 Å². The smallest absolute Gasteiger partial charge is 0.243 e. The van der Waals surface area contributed by atoms with Gasteiger partial charge in [-0.3, -0.25) is 4.98 Å². The van der Waals surface area contributed by atoms with Crippen molar-refractivity contribution in [1.29, 1.82) is 0 Å². The van der Waals surface area contributed by atoms with E-state index < -0.39 is 27.5 Å². The SMILES string of the molecule is O=S(=O)(c1ccc(NC(=S)NCc2ccncc2)cc1)N(Cc1ccc(F)cc1)Cc1ccc(F)cc1F. The highest BCUT2D eigenvalue weighted by molar-refractivity contribution is 7.89. The summed E-state index contributed by atoms with van der Waals surface area (Å²) in [5.74, 6) is -2.10. The molecule has 6 nitrogen and oxygen atoms in total. The van der Waals surface area contributed by atoms with Crippen molar-refractivity contribution >= 4 is 33.0 Å². The maximum Gasteiger partial charge on any atom is 0.243 e. The zero-order valence-corrected chi connectivity index (χ0v) is 21.6. The van der Waals surface area contributed by atoms with Crippen molar-refractivity contribution in [3.8, 4) is 0 Å². The standard InChI is InChI=1S/C27H23F3N4O2S2/c28-22-4-1-20(2-5-22)17-34(18-21-3-6-23(29)15-26(21)30)38(35,36)25-9-7-24(8-10-25)33-27(37)32-16-19-11-13-31-14-12-19/h1-15H,16-18H2,(H2,32,33,37). The van der Waals surface area contributed by atoms with Crippen LogP contribution in [0.5, 0.6) is 0 Å². The van der Waals surface area contributed by atoms with Crippen LogP contribution in [0.2, 0.25) is 0 Å². The van der Waals surface area contributed by atoms with Crippen LogP contribution in [-0.4, -0.2) is 22.8 Å². The minimum atomic E-state index is -4.13. The van der Waals surface area contributed by atoms with Gasteiger partial charge in [0.1, 0.15) is 17.5 Å². The molecule has 3 aromatic carbocycles. The molecule has 0 atom stereocenters. The Labute approximate surface area is 224 Å². The lowest BCUT2D eigenvalue weighted by atomic mass is 10.2. The number of aromatic nitrogens is 1. The van der Waals surface area contributed by atoms with Gasteiger partial charge in [-0.15, -0.1) is 0 Å². The number of halogens is 3. The number of nitrogens with zero attached hydrogens (tertiary/aromatic N) is 2. The summed E-state index contributed by atoms with van der Waals surface area (Å²) in [6.45, 7) is -0.0175. The molecule has 0 spiro atoms. The van der Waals surface area contributed by atoms with Gasteiger partial charge in [0, 0.05) is 49.3 Å². The summed E-state index contributed by atoms with van der Waals surface area (Å²) in [6, 6.07) is 17.9. The van der Waals surface area contributed by atoms with E-state index in [0.29, 0.717) is 29.0 Å². The normalized spacial score (nSPS) is 11.4. The Hall–Kier alpha value is -3.80. The molecule has 4 rings (SSSR count). The van der Waals surface area contributed by atoms with E-state index in [0.717, 1.165) is 15.9 Å². The van der Waals surface area contributed by atoms with E-state index in [9.17, 15) is 21.6 Å². The predicted octanol–water partition coefficient (Wildman–Crippen LogP) is 5.38. The fourth-order valence-corrected chi connectivity index (χ4v) is 5.17. The number of hydrogen-bond acceptors (Lipinski definition) is 4. The van der Waals surface area contributed by atoms with Crippen molar-refractivity contribution in [2.24, 2.45) is 0 Å². The molecule has 0 saturated carbocycles. The van der Waals surface area contributed by atoms with Gasteiger partial charge in [-0.05, 0) is 77.9 Å². The molecular formula is C27H23F3N4O2S2. The lowest BCUT2D eigenvalue weighted by molar-refractivity contribution is 0.393. The van der Waals surface area contributed by atoms with Gasteiger partial charge in [-0.2, -0.15) is 4.31 Å². The molecule has 1 aromatic heterocycles. The first-order valence-corrected chi connectivity index (χ1v) is 13.3. The van der Waals surface area contributed by atoms with Gasteiger partial charge in [0.25, 0.3) is 0 Å². The minimum absolute atomic E-state index is 0.000920. The van der Waals surface area contributed by atoms with E-state index in [-0.39, 0.29) is 23.5 Å². The second-order valence-corrected chi connectivity index (χ2v) is 10.7. The number of pyridine rings is 1. The summed E-state index contributed by atoms with van der Waals surface area (Å²) in [5.41, 5.74) is 2.05. The van der Waals surface area contributed by atoms with Gasteiger partial charge in [0.05, 0.1) is 4.90 Å². The minimum Gasteiger partial charge on any atom is -0.358 e. The fraction of sp³-hybridized carbons (Fsp3) is 0.111. The number of sulfonamides is 1. The Kier molecular flexibility index (Phi) is 8.72. The first-order valence-electron chi connectivity index (χ1n) is 11.4. The molecule has 0 amide bonds. The monoisotopic (exact) mass is 556 g/mol. The average Bonchev–Trinajstić information content (AvgIpc) is 2.90. The Morgan fingerprint density at radius 1 is 0.816 bits per heavy atom. The number of nitrogens with one attached hydrogen (secondary N) is 2. The molecule has 0 aliphatic rings. The zero-order chi connectivity index (χ0) is 27.1. The number of rotatable bonds is 9. The highest BCUT2D eigenvalue weighted by atomic mass is 32.2. The van der Waals surface area contributed by atoms with E-state index in [4.69, 9.17) is 12.2 Å². The molecule has 0 fully saturated rings. The molecule has 11 heteroatoms. The summed E-state index contributed by atoms with van der Waals surface area (Å²) in [6.07, 6.45) is 3.35. The fourth-order valence-electron chi connectivity index (χ4n) is 3.58. The van der Waals surface area contributed by atoms with Crippen molar-refractivity contribution < 1.29 is 21.6 Å². The maximum atomic E-state index is 14.4. The van der Waals surface area contributed by atoms with Crippen LogP contribution in [0.1, 0.15) is 16.7 Å². The molecule has 4 aromatic rings. The van der Waals surface area contributed by atoms with Crippen molar-refractivity contribution in [1.82, 2.24) is 14.6 Å². The molecule has 196 valence electrons. The van der Waals surface area contributed by atoms with Crippen molar-refractivity contribution in [3.63, 3.8) is 0 Å². The zero-order valence-electron chi connectivity index (χ0n) is 19.9. The lowest BCUT2D eigenvalue weighted by Crippen LogP contribution is -2.31. The predicted molar refractivity (Wildman–Crippen MR) is 143 cm³/mol. The summed E-state index contributed by atoms with van der Waals surface area (Å²) in [4.78, 5) is 3.92. The highest BCUT2D eigenvalue weighted by Gasteiger charge is 2.26. The van der Waals surface area contributed by atoms with Crippen LogP contribution in [-0.2, 0) is 29.7 Å². The molecule has 2 N–H and O–H groups in total. The average molecular weight is 557 g/mol. The Bertz CT molecular complexity index is 1500. The maximum absolute atomic E-state index is 14.4. The van der Waals surface area contributed by atoms with Crippen molar-refractivity contribution in [2.45, 2.75) is 24.5 Å². The van der Waals surface area contributed by atoms with Gasteiger partial charge in [-0.25, -0.2) is 21.6 Å². The van der Waals surface area contributed by atoms with Crippen LogP contribution in [0.25, 0.3) is 0 Å². The molecule has 38 heavy (non-hydrogen) atoms. The Morgan fingerprint density at radius 3 is 2.13 bits per heavy atom. The number of hydrogen-bond donors (Lipinski definition) is 2. The van der Waals surface area contributed by atoms with E-state index in [1.165, 1.54) is 42.5 Å². The summed E-state index contributed by atoms with van der Waals surface area (Å²) >= 11 is 5.31. The summed E-state index contributed by atoms with van der Waals surface area (Å²) in [5, 5.41) is 6.40. The van der Waals surface area contributed by atoms with E-state index in [1.54, 1.807) is 24.5 Å². The third kappa shape index (κ3) is 7.15. The molecule has 0 bridgehead atoms. The van der Waals surface area contributed by atoms with Crippen molar-refractivity contribution in [2.75, 3.05) is 5.32 Å². The van der Waals surface area contributed by atoms with Crippen molar-refractivity contribution in [3.05, 3.63) is 125 Å². The number of anilines is 1. The van der Waals surface area contributed by atoms with Gasteiger partial charge >= 0.3 is 0 Å². The number of benzene rings is 3. The third-order valence-corrected chi connectivity index (χ3v) is 7.64. The Morgan fingerprint density at radius 2 is 1.47 bits per heavy atom. The van der Waals surface area contributed by atoms with Crippen LogP contribution < -0.4 is 10.6 Å². The molecule has 0 aliphatic carbocycles. The van der Waals surface area contributed by atoms with Gasteiger partial charge in [0.15, 0.2) is 5.11 Å². The molecule has 0 aliphatic heterocycles. The molecule has 0 radical (unpaired) electrons. The van der Waals surface area contributed by atoms with Gasteiger partial charge < -0.3 is 10.6 Å². The third-order valence-electron chi connectivity index (χ3n) is 5.59. The second-order valence-electron chi connectivity index (χ2n) is 8.32. The summed E-state index contributed by atoms with van der Waals surface area (Å²) in [7, 11) is -4.13. The van der Waals surface area contributed by atoms with Crippen LogP contribution >= 0.6 is 12.2 Å². The van der Waals surface area contributed by atoms with Crippen LogP contribution in [0.4, 0.5) is 18.9 Å². The van der Waals surface area contributed by atoms with Crippen LogP contribution in [0.3, 0.4) is 0 Å². The lowest BCUT2D eigenvalue weighted by Gasteiger charge is -2.23. The van der Waals surface area contributed by atoms with E-state index in [2.05, 4.69) is 15.6 Å². The summed E-state index contributed by atoms with van der Waals surface area (Å²) < 4.78 is 69.4. The molecule has 1 heterocycles. The first kappa shape index (κ1) is 27.2. The highest BCUT2D eigenvalue weighted by Crippen LogP contribution is 2.24. The second kappa shape index (κ2) is 12.2. The quantitative estimate of drug-likeness (QED) is 0.270. The molecular weight excluding hydrogens is 533 g/mol. The first-order chi connectivity index (χ1) is 18.2. The van der Waals surface area contributed by atoms with Gasteiger partial charge in [0.2, 0.25) is 10.0 Å². The van der Waals surface area contributed by atoms with Crippen LogP contribution in [0, 0.1) is 17.5 Å². The van der Waals surface area contributed by atoms with Crippen LogP contribution in [0.15, 0.2) is 96.2 Å². The topological polar surface area (TPSA) is 74.3 Å². The van der Waals surface area contributed by atoms with Gasteiger partial charge in [-0.1, -0.05) is 18.2 Å². The largest absolute Gasteiger partial charge is 0.358 e. The Balaban J connectivity index is 1.51. The molecule has 0 saturated heterocycles. The molecule has 0 unspecified atom stereocenters. The van der Waals surface area contributed by atoms with E-state index >= 15 is 0 Å². The number of thiocarbonyl (C=S) groups is 1.